The van der Waals surface area contributed by atoms with Gasteiger partial charge in [-0.2, -0.15) is 0 Å². The van der Waals surface area contributed by atoms with E-state index < -0.39 is 11.9 Å². The molecule has 2 aromatic rings. The van der Waals surface area contributed by atoms with Gasteiger partial charge in [-0.3, -0.25) is 4.79 Å². The molecule has 0 bridgehead atoms. The van der Waals surface area contributed by atoms with Crippen LogP contribution >= 0.6 is 0 Å². The summed E-state index contributed by atoms with van der Waals surface area (Å²) in [5.74, 6) is -0.279. The normalized spacial score (nSPS) is 18.9. The van der Waals surface area contributed by atoms with Crippen LogP contribution in [0, 0.1) is 18.8 Å². The molecule has 0 spiro atoms. The van der Waals surface area contributed by atoms with Gasteiger partial charge in [0.1, 0.15) is 0 Å². The monoisotopic (exact) mass is 313 g/mol. The molecule has 0 amide bonds. The standard InChI is InChI=1S/C20H27NO2/c1-3-16(14-7-5-4-6-8-14)19(20(22)23)15-9-10-17-13(2)12-21-18(17)11-15/h9-12,14,16,19,21H,3-8H2,1-2H3,(H,22,23). The van der Waals surface area contributed by atoms with E-state index >= 15 is 0 Å². The highest BCUT2D eigenvalue weighted by atomic mass is 16.4. The minimum Gasteiger partial charge on any atom is -0.481 e. The molecule has 1 aliphatic carbocycles. The van der Waals surface area contributed by atoms with Crippen molar-refractivity contribution in [2.45, 2.75) is 58.3 Å². The molecule has 1 aromatic carbocycles. The van der Waals surface area contributed by atoms with E-state index in [-0.39, 0.29) is 5.92 Å². The van der Waals surface area contributed by atoms with Gasteiger partial charge < -0.3 is 10.1 Å². The van der Waals surface area contributed by atoms with Crippen LogP contribution in [0.3, 0.4) is 0 Å². The summed E-state index contributed by atoms with van der Waals surface area (Å²) in [6.45, 7) is 4.22. The number of carboxylic acid groups (broad SMARTS) is 1. The smallest absolute Gasteiger partial charge is 0.311 e. The summed E-state index contributed by atoms with van der Waals surface area (Å²) < 4.78 is 0. The van der Waals surface area contributed by atoms with Gasteiger partial charge in [0.05, 0.1) is 5.92 Å². The predicted molar refractivity (Wildman–Crippen MR) is 93.8 cm³/mol. The minimum atomic E-state index is -0.676. The molecule has 3 heteroatoms. The third kappa shape index (κ3) is 3.15. The van der Waals surface area contributed by atoms with Crippen molar-refractivity contribution in [1.29, 1.82) is 0 Å². The van der Waals surface area contributed by atoms with Crippen LogP contribution in [-0.2, 0) is 4.79 Å². The number of H-pyrrole nitrogens is 1. The van der Waals surface area contributed by atoms with Gasteiger partial charge in [0.25, 0.3) is 0 Å². The average molecular weight is 313 g/mol. The number of hydrogen-bond donors (Lipinski definition) is 2. The average Bonchev–Trinajstić information content (AvgIpc) is 2.93. The van der Waals surface area contributed by atoms with Crippen molar-refractivity contribution < 1.29 is 9.90 Å². The zero-order valence-corrected chi connectivity index (χ0v) is 14.1. The van der Waals surface area contributed by atoms with Gasteiger partial charge in [0.15, 0.2) is 0 Å². The minimum absolute atomic E-state index is 0.237. The van der Waals surface area contributed by atoms with E-state index in [0.717, 1.165) is 17.5 Å². The molecule has 2 unspecified atom stereocenters. The van der Waals surface area contributed by atoms with Crippen LogP contribution in [0.5, 0.6) is 0 Å². The number of nitrogens with one attached hydrogen (secondary N) is 1. The Bertz CT molecular complexity index is 682. The Balaban J connectivity index is 1.96. The fraction of sp³-hybridized carbons (Fsp3) is 0.550. The number of carboxylic acids is 1. The molecule has 3 nitrogen and oxygen atoms in total. The molecule has 23 heavy (non-hydrogen) atoms. The molecule has 1 heterocycles. The fourth-order valence-corrected chi connectivity index (χ4v) is 4.46. The Hall–Kier alpha value is -1.77. The highest BCUT2D eigenvalue weighted by molar-refractivity contribution is 5.85. The van der Waals surface area contributed by atoms with Crippen LogP contribution in [0.25, 0.3) is 10.9 Å². The third-order valence-corrected chi connectivity index (χ3v) is 5.69. The lowest BCUT2D eigenvalue weighted by Gasteiger charge is -2.33. The van der Waals surface area contributed by atoms with E-state index in [1.807, 2.05) is 18.3 Å². The molecule has 2 N–H and O–H groups in total. The summed E-state index contributed by atoms with van der Waals surface area (Å²) in [5.41, 5.74) is 3.20. The van der Waals surface area contributed by atoms with Gasteiger partial charge in [-0.15, -0.1) is 0 Å². The molecule has 1 aromatic heterocycles. The van der Waals surface area contributed by atoms with Crippen LogP contribution in [0.15, 0.2) is 24.4 Å². The second kappa shape index (κ2) is 6.77. The zero-order valence-electron chi connectivity index (χ0n) is 14.1. The molecule has 2 atom stereocenters. The molecule has 0 radical (unpaired) electrons. The SMILES string of the molecule is CCC(C1CCCCC1)C(C(=O)O)c1ccc2c(C)c[nH]c2c1. The lowest BCUT2D eigenvalue weighted by molar-refractivity contribution is -0.141. The Kier molecular flexibility index (Phi) is 4.74. The first-order valence-electron chi connectivity index (χ1n) is 8.92. The van der Waals surface area contributed by atoms with Crippen LogP contribution in [0.1, 0.15) is 62.5 Å². The number of carbonyl (C=O) groups is 1. The Morgan fingerprint density at radius 1 is 1.30 bits per heavy atom. The Morgan fingerprint density at radius 2 is 2.04 bits per heavy atom. The number of hydrogen-bond acceptors (Lipinski definition) is 1. The molecule has 0 aliphatic heterocycles. The van der Waals surface area contributed by atoms with Crippen molar-refractivity contribution in [3.63, 3.8) is 0 Å². The molecule has 1 aliphatic rings. The van der Waals surface area contributed by atoms with Crippen LogP contribution in [0.4, 0.5) is 0 Å². The van der Waals surface area contributed by atoms with Crippen LogP contribution < -0.4 is 0 Å². The Morgan fingerprint density at radius 3 is 2.70 bits per heavy atom. The Labute approximate surface area is 138 Å². The summed E-state index contributed by atoms with van der Waals surface area (Å²) in [5, 5.41) is 11.1. The number of rotatable bonds is 5. The molecule has 3 rings (SSSR count). The third-order valence-electron chi connectivity index (χ3n) is 5.69. The van der Waals surface area contributed by atoms with E-state index in [4.69, 9.17) is 0 Å². The number of aryl methyl sites for hydroxylation is 1. The first-order chi connectivity index (χ1) is 11.1. The number of benzene rings is 1. The van der Waals surface area contributed by atoms with Crippen molar-refractivity contribution in [2.75, 3.05) is 0 Å². The van der Waals surface area contributed by atoms with E-state index in [9.17, 15) is 9.90 Å². The van der Waals surface area contributed by atoms with Crippen LogP contribution in [-0.4, -0.2) is 16.1 Å². The summed E-state index contributed by atoms with van der Waals surface area (Å²) >= 11 is 0. The first-order valence-corrected chi connectivity index (χ1v) is 8.92. The zero-order chi connectivity index (χ0) is 16.4. The van der Waals surface area contributed by atoms with Gasteiger partial charge in [-0.25, -0.2) is 0 Å². The van der Waals surface area contributed by atoms with E-state index in [0.29, 0.717) is 5.92 Å². The second-order valence-corrected chi connectivity index (χ2v) is 7.06. The van der Waals surface area contributed by atoms with Crippen molar-refractivity contribution in [1.82, 2.24) is 4.98 Å². The molecule has 0 saturated heterocycles. The van der Waals surface area contributed by atoms with Gasteiger partial charge in [-0.05, 0) is 36.0 Å². The fourth-order valence-electron chi connectivity index (χ4n) is 4.46. The summed E-state index contributed by atoms with van der Waals surface area (Å²) in [7, 11) is 0. The van der Waals surface area contributed by atoms with Crippen molar-refractivity contribution in [3.8, 4) is 0 Å². The second-order valence-electron chi connectivity index (χ2n) is 7.06. The largest absolute Gasteiger partial charge is 0.481 e. The predicted octanol–water partition coefficient (Wildman–Crippen LogP) is 5.25. The quantitative estimate of drug-likeness (QED) is 0.792. The maximum atomic E-state index is 12.1. The van der Waals surface area contributed by atoms with Crippen molar-refractivity contribution in [2.24, 2.45) is 11.8 Å². The lowest BCUT2D eigenvalue weighted by Crippen LogP contribution is -2.29. The van der Waals surface area contributed by atoms with Crippen molar-refractivity contribution >= 4 is 16.9 Å². The molecular formula is C20H27NO2. The summed E-state index contributed by atoms with van der Waals surface area (Å²) in [4.78, 5) is 15.3. The van der Waals surface area contributed by atoms with Gasteiger partial charge >= 0.3 is 5.97 Å². The molecule has 124 valence electrons. The van der Waals surface area contributed by atoms with Gasteiger partial charge in [0.2, 0.25) is 0 Å². The summed E-state index contributed by atoms with van der Waals surface area (Å²) in [6, 6.07) is 6.14. The molecular weight excluding hydrogens is 286 g/mol. The number of aliphatic carboxylic acids is 1. The number of aromatic amines is 1. The first kappa shape index (κ1) is 16.1. The maximum Gasteiger partial charge on any atom is 0.311 e. The van der Waals surface area contributed by atoms with Gasteiger partial charge in [-0.1, -0.05) is 57.6 Å². The van der Waals surface area contributed by atoms with Gasteiger partial charge in [0, 0.05) is 17.1 Å². The summed E-state index contributed by atoms with van der Waals surface area (Å²) in [6.07, 6.45) is 9.10. The lowest BCUT2D eigenvalue weighted by atomic mass is 9.71. The van der Waals surface area contributed by atoms with E-state index in [2.05, 4.69) is 24.9 Å². The highest BCUT2D eigenvalue weighted by Gasteiger charge is 2.34. The highest BCUT2D eigenvalue weighted by Crippen LogP contribution is 2.41. The molecule has 1 fully saturated rings. The number of aromatic nitrogens is 1. The molecule has 1 saturated carbocycles. The van der Waals surface area contributed by atoms with E-state index in [1.54, 1.807) is 0 Å². The van der Waals surface area contributed by atoms with Crippen molar-refractivity contribution in [3.05, 3.63) is 35.5 Å². The van der Waals surface area contributed by atoms with E-state index in [1.165, 1.54) is 43.1 Å². The topological polar surface area (TPSA) is 53.1 Å². The number of fused-ring (bicyclic) bond motifs is 1. The van der Waals surface area contributed by atoms with Crippen LogP contribution in [0.2, 0.25) is 0 Å². The maximum absolute atomic E-state index is 12.1.